The number of nitrogens with zero attached hydrogens (tertiary/aromatic N) is 4. The van der Waals surface area contributed by atoms with Crippen molar-refractivity contribution in [1.82, 2.24) is 9.80 Å². The van der Waals surface area contributed by atoms with Crippen LogP contribution in [0.15, 0.2) is 132 Å². The molecule has 0 aromatic heterocycles. The van der Waals surface area contributed by atoms with Crippen LogP contribution in [-0.2, 0) is 9.59 Å². The first-order valence-electron chi connectivity index (χ1n) is 18.4. The number of allylic oxidation sites excluding steroid dienone is 2. The topological polar surface area (TPSA) is 146 Å². The molecule has 4 N–H and O–H groups in total. The molecule has 4 heterocycles. The number of aliphatic hydroxyl groups is 4. The Balaban J connectivity index is 0.876. The minimum absolute atomic E-state index is 0.158. The Morgan fingerprint density at radius 1 is 0.537 bits per heavy atom. The van der Waals surface area contributed by atoms with Crippen molar-refractivity contribution < 1.29 is 30.0 Å². The molecule has 4 aromatic rings. The standard InChI is InChI=1S/C44H42N4O6/c49-35-21-39(47(25-35)43(53)41(51)31-7-3-1-4-8-31)37-19-33(23-45-37)29-15-11-27(12-16-29)28-13-17-30(18-14-28)34-20-38(46-24-34)40-22-36(50)26-48(40)44(54)42(52)32-9-5-2-6-10-32/h1-18,23-24,35-36,39-42,49-52H,19-22,25-26H2/t35-,36-,39+,40+,41-,42-/m1/s1. The summed E-state index contributed by atoms with van der Waals surface area (Å²) in [6.45, 7) is 0.316. The highest BCUT2D eigenvalue weighted by molar-refractivity contribution is 6.04. The van der Waals surface area contributed by atoms with Gasteiger partial charge in [0.2, 0.25) is 0 Å². The minimum Gasteiger partial charge on any atom is -0.391 e. The number of β-amino-alcohol motifs (C(OH)–C–C–N with tert-alkyl or cyclic N) is 2. The molecule has 2 amide bonds. The maximum Gasteiger partial charge on any atom is 0.256 e. The average molecular weight is 723 g/mol. The molecule has 54 heavy (non-hydrogen) atoms. The molecule has 10 nitrogen and oxygen atoms in total. The highest BCUT2D eigenvalue weighted by Gasteiger charge is 2.42. The van der Waals surface area contributed by atoms with E-state index < -0.39 is 36.2 Å². The van der Waals surface area contributed by atoms with E-state index in [-0.39, 0.29) is 25.2 Å². The molecule has 0 bridgehead atoms. The lowest BCUT2D eigenvalue weighted by Crippen LogP contribution is -2.42. The number of hydrogen-bond acceptors (Lipinski definition) is 8. The SMILES string of the molecule is O=C([C@H](O)c1ccccc1)N1C[C@H](O)C[C@H]1C1=NC=C(c2ccc(-c3ccc(C4=CN=C([C@@H]5C[C@@H](O)CN5C(=O)[C@H](O)c5ccccc5)C4)cc3)cc2)C1. The van der Waals surface area contributed by atoms with Crippen molar-refractivity contribution in [2.24, 2.45) is 9.98 Å². The van der Waals surface area contributed by atoms with Crippen LogP contribution >= 0.6 is 0 Å². The maximum absolute atomic E-state index is 13.3. The molecule has 8 rings (SSSR count). The summed E-state index contributed by atoms with van der Waals surface area (Å²) in [6.07, 6.45) is 1.57. The fourth-order valence-electron chi connectivity index (χ4n) is 8.03. The van der Waals surface area contributed by atoms with Crippen LogP contribution in [-0.4, -0.2) is 90.8 Å². The number of benzene rings is 4. The quantitative estimate of drug-likeness (QED) is 0.189. The molecule has 0 aliphatic carbocycles. The van der Waals surface area contributed by atoms with E-state index in [0.717, 1.165) is 44.8 Å². The number of likely N-dealkylation sites (tertiary alicyclic amines) is 2. The lowest BCUT2D eigenvalue weighted by molar-refractivity contribution is -0.141. The summed E-state index contributed by atoms with van der Waals surface area (Å²) in [5.41, 5.74) is 8.85. The number of rotatable bonds is 9. The van der Waals surface area contributed by atoms with Crippen LogP contribution in [0, 0.1) is 0 Å². The fourth-order valence-corrected chi connectivity index (χ4v) is 8.03. The largest absolute Gasteiger partial charge is 0.391 e. The highest BCUT2D eigenvalue weighted by atomic mass is 16.3. The van der Waals surface area contributed by atoms with Gasteiger partial charge >= 0.3 is 0 Å². The summed E-state index contributed by atoms with van der Waals surface area (Å²) in [5, 5.41) is 42.6. The van der Waals surface area contributed by atoms with Gasteiger partial charge in [0.15, 0.2) is 12.2 Å². The molecule has 2 fully saturated rings. The van der Waals surface area contributed by atoms with Crippen LogP contribution in [0.4, 0.5) is 0 Å². The summed E-state index contributed by atoms with van der Waals surface area (Å²) in [6, 6.07) is 33.5. The Bertz CT molecular complexity index is 1990. The van der Waals surface area contributed by atoms with Gasteiger partial charge in [-0.25, -0.2) is 0 Å². The zero-order valence-corrected chi connectivity index (χ0v) is 29.6. The van der Waals surface area contributed by atoms with Gasteiger partial charge in [0.25, 0.3) is 11.8 Å². The van der Waals surface area contributed by atoms with Crippen LogP contribution < -0.4 is 0 Å². The molecule has 4 aliphatic heterocycles. The second kappa shape index (κ2) is 15.1. The van der Waals surface area contributed by atoms with Gasteiger partial charge in [0, 0.05) is 62.6 Å². The third-order valence-electron chi connectivity index (χ3n) is 11.0. The van der Waals surface area contributed by atoms with Gasteiger partial charge in [-0.15, -0.1) is 0 Å². The zero-order chi connectivity index (χ0) is 37.3. The summed E-state index contributed by atoms with van der Waals surface area (Å²) < 4.78 is 0. The first-order valence-corrected chi connectivity index (χ1v) is 18.4. The monoisotopic (exact) mass is 722 g/mol. The predicted octanol–water partition coefficient (Wildman–Crippen LogP) is 5.12. The Morgan fingerprint density at radius 3 is 1.26 bits per heavy atom. The number of carbonyl (C=O) groups is 2. The molecule has 0 unspecified atom stereocenters. The second-order valence-corrected chi connectivity index (χ2v) is 14.5. The third kappa shape index (κ3) is 7.09. The number of aliphatic imine (C=N–C) groups is 2. The first-order chi connectivity index (χ1) is 26.2. The van der Waals surface area contributed by atoms with Crippen molar-refractivity contribution >= 4 is 34.4 Å². The van der Waals surface area contributed by atoms with Gasteiger partial charge in [-0.2, -0.15) is 0 Å². The lowest BCUT2D eigenvalue weighted by Gasteiger charge is -2.27. The molecule has 10 heteroatoms. The zero-order valence-electron chi connectivity index (χ0n) is 29.6. The first kappa shape index (κ1) is 35.5. The van der Waals surface area contributed by atoms with Gasteiger partial charge < -0.3 is 30.2 Å². The van der Waals surface area contributed by atoms with Gasteiger partial charge in [0.1, 0.15) is 0 Å². The normalized spacial score (nSPS) is 23.5. The fraction of sp³-hybridized carbons (Fsp3) is 0.273. The van der Waals surface area contributed by atoms with Crippen molar-refractivity contribution in [1.29, 1.82) is 0 Å². The molecule has 0 radical (unpaired) electrons. The van der Waals surface area contributed by atoms with Crippen molar-refractivity contribution in [3.63, 3.8) is 0 Å². The highest BCUT2D eigenvalue weighted by Crippen LogP contribution is 2.35. The summed E-state index contributed by atoms with van der Waals surface area (Å²) >= 11 is 0. The van der Waals surface area contributed by atoms with Gasteiger partial charge in [-0.05, 0) is 44.5 Å². The van der Waals surface area contributed by atoms with E-state index in [4.69, 9.17) is 0 Å². The predicted molar refractivity (Wildman–Crippen MR) is 207 cm³/mol. The average Bonchev–Trinajstić information content (AvgIpc) is 4.04. The van der Waals surface area contributed by atoms with Crippen LogP contribution in [0.1, 0.15) is 60.1 Å². The van der Waals surface area contributed by atoms with Crippen LogP contribution in [0.25, 0.3) is 22.3 Å². The van der Waals surface area contributed by atoms with E-state index in [1.54, 1.807) is 58.3 Å². The molecule has 274 valence electrons. The molecule has 0 saturated carbocycles. The molecule has 4 aromatic carbocycles. The number of amides is 2. The Morgan fingerprint density at radius 2 is 0.889 bits per heavy atom. The number of carbonyl (C=O) groups excluding carboxylic acids is 2. The van der Waals surface area contributed by atoms with Gasteiger partial charge in [-0.3, -0.25) is 19.6 Å². The van der Waals surface area contributed by atoms with Crippen molar-refractivity contribution in [3.8, 4) is 11.1 Å². The molecular formula is C44H42N4O6. The molecule has 4 aliphatic rings. The lowest BCUT2D eigenvalue weighted by atomic mass is 9.94. The van der Waals surface area contributed by atoms with Crippen molar-refractivity contribution in [2.45, 2.75) is 62.2 Å². The molecule has 2 saturated heterocycles. The van der Waals surface area contributed by atoms with E-state index in [2.05, 4.69) is 58.5 Å². The summed E-state index contributed by atoms with van der Waals surface area (Å²) in [4.78, 5) is 39.1. The van der Waals surface area contributed by atoms with Gasteiger partial charge in [0.05, 0.1) is 24.3 Å². The van der Waals surface area contributed by atoms with E-state index in [1.165, 1.54) is 0 Å². The van der Waals surface area contributed by atoms with E-state index in [0.29, 0.717) is 36.8 Å². The van der Waals surface area contributed by atoms with Crippen LogP contribution in [0.2, 0.25) is 0 Å². The van der Waals surface area contributed by atoms with Crippen molar-refractivity contribution in [2.75, 3.05) is 13.1 Å². The Kier molecular flexibility index (Phi) is 9.91. The smallest absolute Gasteiger partial charge is 0.256 e. The van der Waals surface area contributed by atoms with Crippen LogP contribution in [0.5, 0.6) is 0 Å². The van der Waals surface area contributed by atoms with E-state index in [1.807, 2.05) is 24.5 Å². The summed E-state index contributed by atoms with van der Waals surface area (Å²) in [7, 11) is 0. The van der Waals surface area contributed by atoms with Gasteiger partial charge in [-0.1, -0.05) is 109 Å². The van der Waals surface area contributed by atoms with Crippen molar-refractivity contribution in [3.05, 3.63) is 144 Å². The number of aliphatic hydroxyl groups excluding tert-OH is 4. The van der Waals surface area contributed by atoms with Crippen LogP contribution in [0.3, 0.4) is 0 Å². The second-order valence-electron chi connectivity index (χ2n) is 14.5. The van der Waals surface area contributed by atoms with E-state index >= 15 is 0 Å². The molecule has 6 atom stereocenters. The number of hydrogen-bond donors (Lipinski definition) is 4. The third-order valence-corrected chi connectivity index (χ3v) is 11.0. The molecular weight excluding hydrogens is 681 g/mol. The maximum atomic E-state index is 13.3. The molecule has 0 spiro atoms. The Labute approximate surface area is 313 Å². The minimum atomic E-state index is -1.30. The van der Waals surface area contributed by atoms with E-state index in [9.17, 15) is 30.0 Å². The summed E-state index contributed by atoms with van der Waals surface area (Å²) in [5.74, 6) is -0.864. The Hall–Kier alpha value is -5.52.